The fourth-order valence-corrected chi connectivity index (χ4v) is 4.87. The molecule has 3 aromatic carbocycles. The van der Waals surface area contributed by atoms with Crippen LogP contribution in [0.5, 0.6) is 0 Å². The Morgan fingerprint density at radius 3 is 1.81 bits per heavy atom. The number of hydrogen-bond donors (Lipinski definition) is 1. The van der Waals surface area contributed by atoms with Crippen LogP contribution in [0.1, 0.15) is 24.2 Å². The van der Waals surface area contributed by atoms with E-state index in [-0.39, 0.29) is 6.61 Å². The molecule has 0 fully saturated rings. The molecule has 0 amide bonds. The molecule has 0 aliphatic heterocycles. The van der Waals surface area contributed by atoms with E-state index in [1.165, 1.54) is 5.56 Å². The van der Waals surface area contributed by atoms with Gasteiger partial charge in [0, 0.05) is 10.6 Å². The third kappa shape index (κ3) is 4.13. The normalized spacial score (nSPS) is 12.7. The van der Waals surface area contributed by atoms with Crippen LogP contribution in [0, 0.1) is 0 Å². The van der Waals surface area contributed by atoms with Gasteiger partial charge in [0.1, 0.15) is 6.10 Å². The molecule has 0 saturated carbocycles. The summed E-state index contributed by atoms with van der Waals surface area (Å²) in [6.07, 6.45) is 0.117. The van der Waals surface area contributed by atoms with Crippen LogP contribution in [-0.4, -0.2) is 11.7 Å². The van der Waals surface area contributed by atoms with Crippen LogP contribution in [0.15, 0.2) is 84.9 Å². The topological polar surface area (TPSA) is 46.5 Å². The zero-order valence-electron chi connectivity index (χ0n) is 14.8. The molecule has 1 N–H and O–H groups in total. The zero-order valence-corrected chi connectivity index (χ0v) is 15.7. The first-order valence-corrected chi connectivity index (χ1v) is 10.4. The minimum atomic E-state index is -3.27. The fraction of sp³-hybridized carbons (Fsp3) is 0.182. The van der Waals surface area contributed by atoms with Crippen LogP contribution in [0.2, 0.25) is 0 Å². The predicted molar refractivity (Wildman–Crippen MR) is 106 cm³/mol. The zero-order chi connectivity index (χ0) is 18.4. The van der Waals surface area contributed by atoms with Crippen molar-refractivity contribution in [2.45, 2.75) is 19.4 Å². The fourth-order valence-electron chi connectivity index (χ4n) is 2.79. The van der Waals surface area contributed by atoms with Gasteiger partial charge in [0.05, 0.1) is 6.61 Å². The third-order valence-corrected chi connectivity index (χ3v) is 6.85. The van der Waals surface area contributed by atoms with Crippen LogP contribution >= 0.6 is 7.37 Å². The van der Waals surface area contributed by atoms with Crippen LogP contribution in [0.3, 0.4) is 0 Å². The molecule has 3 nitrogen and oxygen atoms in total. The Balaban J connectivity index is 1.83. The Morgan fingerprint density at radius 1 is 0.846 bits per heavy atom. The monoisotopic (exact) mass is 366 g/mol. The second-order valence-electron chi connectivity index (χ2n) is 6.13. The summed E-state index contributed by atoms with van der Waals surface area (Å²) in [7, 11) is -3.27. The second kappa shape index (κ2) is 8.46. The van der Waals surface area contributed by atoms with Crippen molar-refractivity contribution < 1.29 is 14.2 Å². The molecule has 0 bridgehead atoms. The highest BCUT2D eigenvalue weighted by molar-refractivity contribution is 7.74. The first-order valence-electron chi connectivity index (χ1n) is 8.76. The van der Waals surface area contributed by atoms with Gasteiger partial charge < -0.3 is 9.63 Å². The molecule has 0 aliphatic carbocycles. The Labute approximate surface area is 154 Å². The average molecular weight is 366 g/mol. The number of aryl methyl sites for hydroxylation is 1. The molecule has 3 rings (SSSR count). The number of rotatable bonds is 7. The highest BCUT2D eigenvalue weighted by atomic mass is 31.2. The summed E-state index contributed by atoms with van der Waals surface area (Å²) in [4.78, 5) is 0. The molecule has 4 heteroatoms. The van der Waals surface area contributed by atoms with E-state index in [1.807, 2.05) is 60.7 Å². The Bertz CT molecular complexity index is 817. The van der Waals surface area contributed by atoms with Crippen molar-refractivity contribution in [3.8, 4) is 0 Å². The van der Waals surface area contributed by atoms with Crippen molar-refractivity contribution in [3.05, 3.63) is 96.1 Å². The summed E-state index contributed by atoms with van der Waals surface area (Å²) in [6.45, 7) is 2.05. The Kier molecular flexibility index (Phi) is 6.05. The molecule has 1 atom stereocenters. The van der Waals surface area contributed by atoms with Crippen molar-refractivity contribution in [1.82, 2.24) is 0 Å². The van der Waals surface area contributed by atoms with Gasteiger partial charge >= 0.3 is 0 Å². The summed E-state index contributed by atoms with van der Waals surface area (Å²) in [5.41, 5.74) is 1.97. The van der Waals surface area contributed by atoms with E-state index in [1.54, 1.807) is 24.3 Å². The van der Waals surface area contributed by atoms with E-state index in [0.29, 0.717) is 10.6 Å². The molecule has 1 unspecified atom stereocenters. The lowest BCUT2D eigenvalue weighted by atomic mass is 10.1. The lowest BCUT2D eigenvalue weighted by Gasteiger charge is -2.21. The highest BCUT2D eigenvalue weighted by Gasteiger charge is 2.29. The third-order valence-electron chi connectivity index (χ3n) is 4.38. The minimum Gasteiger partial charge on any atom is -0.386 e. The van der Waals surface area contributed by atoms with Gasteiger partial charge in [-0.25, -0.2) is 0 Å². The minimum absolute atomic E-state index is 0.0352. The Morgan fingerprint density at radius 2 is 1.35 bits per heavy atom. The molecule has 0 heterocycles. The van der Waals surface area contributed by atoms with E-state index < -0.39 is 13.5 Å². The smallest absolute Gasteiger partial charge is 0.261 e. The molecule has 3 aromatic rings. The van der Waals surface area contributed by atoms with E-state index in [0.717, 1.165) is 12.0 Å². The van der Waals surface area contributed by atoms with Gasteiger partial charge in [-0.05, 0) is 41.8 Å². The van der Waals surface area contributed by atoms with Gasteiger partial charge in [0.15, 0.2) is 0 Å². The molecule has 0 aromatic heterocycles. The van der Waals surface area contributed by atoms with Crippen molar-refractivity contribution >= 4 is 18.0 Å². The van der Waals surface area contributed by atoms with Crippen molar-refractivity contribution in [1.29, 1.82) is 0 Å². The van der Waals surface area contributed by atoms with Gasteiger partial charge in [-0.3, -0.25) is 4.57 Å². The molecule has 134 valence electrons. The van der Waals surface area contributed by atoms with E-state index >= 15 is 0 Å². The summed E-state index contributed by atoms with van der Waals surface area (Å²) in [5, 5.41) is 11.7. The average Bonchev–Trinajstić information content (AvgIpc) is 2.73. The van der Waals surface area contributed by atoms with Crippen molar-refractivity contribution in [2.24, 2.45) is 0 Å². The maximum atomic E-state index is 13.7. The van der Waals surface area contributed by atoms with Gasteiger partial charge in [-0.1, -0.05) is 67.6 Å². The molecule has 0 radical (unpaired) electrons. The molecule has 0 saturated heterocycles. The molecule has 26 heavy (non-hydrogen) atoms. The quantitative estimate of drug-likeness (QED) is 0.637. The number of aliphatic hydroxyl groups is 1. The lowest BCUT2D eigenvalue weighted by Crippen LogP contribution is -2.20. The summed E-state index contributed by atoms with van der Waals surface area (Å²) in [5.74, 6) is 0. The summed E-state index contributed by atoms with van der Waals surface area (Å²) >= 11 is 0. The Hall–Kier alpha value is -2.19. The molecule has 0 spiro atoms. The summed E-state index contributed by atoms with van der Waals surface area (Å²) < 4.78 is 19.6. The van der Waals surface area contributed by atoms with E-state index in [2.05, 4.69) is 6.92 Å². The van der Waals surface area contributed by atoms with Gasteiger partial charge in [0.2, 0.25) is 0 Å². The second-order valence-corrected chi connectivity index (χ2v) is 8.52. The standard InChI is InChI=1S/C22H23O3P/c1-2-18-13-15-19(16-14-18)22(23)17-25-26(24,20-9-5-3-6-10-20)21-11-7-4-8-12-21/h3-16,22-23H,2,17H2,1H3. The predicted octanol–water partition coefficient (Wildman–Crippen LogP) is 4.23. The molecular weight excluding hydrogens is 343 g/mol. The van der Waals surface area contributed by atoms with Gasteiger partial charge in [-0.2, -0.15) is 0 Å². The SMILES string of the molecule is CCc1ccc(C(O)COP(=O)(c2ccccc2)c2ccccc2)cc1. The highest BCUT2D eigenvalue weighted by Crippen LogP contribution is 2.45. The first kappa shape index (κ1) is 18.6. The first-order chi connectivity index (χ1) is 12.6. The van der Waals surface area contributed by atoms with Crippen molar-refractivity contribution in [3.63, 3.8) is 0 Å². The van der Waals surface area contributed by atoms with Crippen molar-refractivity contribution in [2.75, 3.05) is 6.61 Å². The van der Waals surface area contributed by atoms with Crippen LogP contribution < -0.4 is 10.6 Å². The molecular formula is C22H23O3P. The maximum absolute atomic E-state index is 13.7. The van der Waals surface area contributed by atoms with E-state index in [9.17, 15) is 9.67 Å². The van der Waals surface area contributed by atoms with Gasteiger partial charge in [-0.15, -0.1) is 0 Å². The molecule has 0 aliphatic rings. The summed E-state index contributed by atoms with van der Waals surface area (Å²) in [6, 6.07) is 26.1. The van der Waals surface area contributed by atoms with E-state index in [4.69, 9.17) is 4.52 Å². The number of hydrogen-bond acceptors (Lipinski definition) is 3. The number of benzene rings is 3. The van der Waals surface area contributed by atoms with Crippen LogP contribution in [0.4, 0.5) is 0 Å². The maximum Gasteiger partial charge on any atom is 0.261 e. The van der Waals surface area contributed by atoms with Crippen LogP contribution in [-0.2, 0) is 15.5 Å². The van der Waals surface area contributed by atoms with Crippen LogP contribution in [0.25, 0.3) is 0 Å². The lowest BCUT2D eigenvalue weighted by molar-refractivity contribution is 0.112. The largest absolute Gasteiger partial charge is 0.386 e. The number of aliphatic hydroxyl groups excluding tert-OH is 1. The van der Waals surface area contributed by atoms with Gasteiger partial charge in [0.25, 0.3) is 7.37 Å².